The molecule has 0 atom stereocenters. The molecule has 0 fully saturated rings. The molecule has 0 bridgehead atoms. The lowest BCUT2D eigenvalue weighted by Crippen LogP contribution is -2.14. The van der Waals surface area contributed by atoms with Gasteiger partial charge in [0, 0.05) is 26.7 Å². The summed E-state index contributed by atoms with van der Waals surface area (Å²) >= 11 is 0. The molecule has 0 saturated carbocycles. The number of benzene rings is 1. The van der Waals surface area contributed by atoms with Gasteiger partial charge in [0.05, 0.1) is 11.4 Å². The molecule has 0 radical (unpaired) electrons. The molecule has 2 N–H and O–H groups in total. The second-order valence-corrected chi connectivity index (χ2v) is 3.84. The molecule has 0 amide bonds. The van der Waals surface area contributed by atoms with Crippen molar-refractivity contribution >= 4 is 5.82 Å². The van der Waals surface area contributed by atoms with E-state index in [1.807, 2.05) is 60.1 Å². The Labute approximate surface area is 95.3 Å². The molecule has 84 valence electrons. The van der Waals surface area contributed by atoms with Gasteiger partial charge in [-0.15, -0.1) is 0 Å². The van der Waals surface area contributed by atoms with Gasteiger partial charge < -0.3 is 10.6 Å². The Morgan fingerprint density at radius 1 is 1.25 bits per heavy atom. The first-order valence-corrected chi connectivity index (χ1v) is 5.24. The summed E-state index contributed by atoms with van der Waals surface area (Å²) < 4.78 is 1.90. The van der Waals surface area contributed by atoms with Crippen molar-refractivity contribution in [3.8, 4) is 5.69 Å². The molecule has 1 aromatic carbocycles. The summed E-state index contributed by atoms with van der Waals surface area (Å²) in [5.41, 5.74) is 7.56. The maximum atomic E-state index is 5.62. The molecular weight excluding hydrogens is 200 g/mol. The zero-order valence-corrected chi connectivity index (χ0v) is 9.59. The van der Waals surface area contributed by atoms with Gasteiger partial charge in [0.25, 0.3) is 0 Å². The second kappa shape index (κ2) is 4.37. The topological polar surface area (TPSA) is 47.1 Å². The maximum absolute atomic E-state index is 5.62. The molecule has 2 aromatic rings. The van der Waals surface area contributed by atoms with E-state index in [1.165, 1.54) is 0 Å². The number of nitrogens with zero attached hydrogens (tertiary/aromatic N) is 3. The number of nitrogens with two attached hydrogens (primary N) is 1. The average molecular weight is 216 g/mol. The molecule has 0 aliphatic heterocycles. The first-order valence-electron chi connectivity index (χ1n) is 5.24. The molecule has 0 saturated heterocycles. The van der Waals surface area contributed by atoms with Crippen molar-refractivity contribution in [3.63, 3.8) is 0 Å². The fraction of sp³-hybridized carbons (Fsp3) is 0.250. The standard InChI is InChI=1S/C12H16N4/c1-15(2)12-8-10(9-13)14-16(12)11-6-4-3-5-7-11/h3-8H,9,13H2,1-2H3. The number of rotatable bonds is 3. The van der Waals surface area contributed by atoms with Gasteiger partial charge in [-0.3, -0.25) is 0 Å². The van der Waals surface area contributed by atoms with Crippen LogP contribution in [0.25, 0.3) is 5.69 Å². The molecule has 1 aromatic heterocycles. The van der Waals surface area contributed by atoms with Gasteiger partial charge in [0.15, 0.2) is 0 Å². The molecule has 0 aliphatic carbocycles. The van der Waals surface area contributed by atoms with E-state index in [0.717, 1.165) is 17.2 Å². The van der Waals surface area contributed by atoms with E-state index in [4.69, 9.17) is 5.73 Å². The van der Waals surface area contributed by atoms with Crippen molar-refractivity contribution in [2.75, 3.05) is 19.0 Å². The number of para-hydroxylation sites is 1. The van der Waals surface area contributed by atoms with Gasteiger partial charge in [-0.1, -0.05) is 18.2 Å². The van der Waals surface area contributed by atoms with Crippen molar-refractivity contribution in [1.29, 1.82) is 0 Å². The van der Waals surface area contributed by atoms with Gasteiger partial charge in [-0.25, -0.2) is 4.68 Å². The minimum absolute atomic E-state index is 0.459. The van der Waals surface area contributed by atoms with Crippen LogP contribution in [0.4, 0.5) is 5.82 Å². The Hall–Kier alpha value is -1.81. The second-order valence-electron chi connectivity index (χ2n) is 3.84. The highest BCUT2D eigenvalue weighted by Crippen LogP contribution is 2.18. The Morgan fingerprint density at radius 2 is 1.94 bits per heavy atom. The molecule has 0 spiro atoms. The summed E-state index contributed by atoms with van der Waals surface area (Å²) in [6.07, 6.45) is 0. The number of anilines is 1. The minimum Gasteiger partial charge on any atom is -0.363 e. The van der Waals surface area contributed by atoms with E-state index in [1.54, 1.807) is 0 Å². The van der Waals surface area contributed by atoms with Crippen LogP contribution in [0.1, 0.15) is 5.69 Å². The Morgan fingerprint density at radius 3 is 2.50 bits per heavy atom. The molecule has 0 aliphatic rings. The van der Waals surface area contributed by atoms with Crippen molar-refractivity contribution < 1.29 is 0 Å². The summed E-state index contributed by atoms with van der Waals surface area (Å²) in [4.78, 5) is 2.03. The fourth-order valence-electron chi connectivity index (χ4n) is 1.60. The minimum atomic E-state index is 0.459. The maximum Gasteiger partial charge on any atom is 0.132 e. The molecule has 4 nitrogen and oxygen atoms in total. The van der Waals surface area contributed by atoms with Gasteiger partial charge in [-0.05, 0) is 12.1 Å². The first-order chi connectivity index (χ1) is 7.72. The Kier molecular flexibility index (Phi) is 2.92. The Bertz CT molecular complexity index is 459. The molecule has 1 heterocycles. The summed E-state index contributed by atoms with van der Waals surface area (Å²) in [7, 11) is 3.99. The van der Waals surface area contributed by atoms with Crippen molar-refractivity contribution in [1.82, 2.24) is 9.78 Å². The fourth-order valence-corrected chi connectivity index (χ4v) is 1.60. The summed E-state index contributed by atoms with van der Waals surface area (Å²) in [5, 5.41) is 4.47. The zero-order chi connectivity index (χ0) is 11.5. The van der Waals surface area contributed by atoms with Gasteiger partial charge >= 0.3 is 0 Å². The van der Waals surface area contributed by atoms with Gasteiger partial charge in [0.2, 0.25) is 0 Å². The van der Waals surface area contributed by atoms with Crippen LogP contribution < -0.4 is 10.6 Å². The quantitative estimate of drug-likeness (QED) is 0.843. The number of hydrogen-bond donors (Lipinski definition) is 1. The van der Waals surface area contributed by atoms with Crippen molar-refractivity contribution in [2.45, 2.75) is 6.54 Å². The van der Waals surface area contributed by atoms with Crippen LogP contribution in [0, 0.1) is 0 Å². The summed E-state index contributed by atoms with van der Waals surface area (Å²) in [6.45, 7) is 0.459. The third kappa shape index (κ3) is 1.92. The average Bonchev–Trinajstić information content (AvgIpc) is 2.74. The largest absolute Gasteiger partial charge is 0.363 e. The van der Waals surface area contributed by atoms with Crippen LogP contribution in [0.15, 0.2) is 36.4 Å². The normalized spacial score (nSPS) is 10.4. The molecule has 2 rings (SSSR count). The highest BCUT2D eigenvalue weighted by Gasteiger charge is 2.09. The van der Waals surface area contributed by atoms with E-state index in [0.29, 0.717) is 6.54 Å². The van der Waals surface area contributed by atoms with Crippen LogP contribution in [0.3, 0.4) is 0 Å². The highest BCUT2D eigenvalue weighted by molar-refractivity contribution is 5.47. The van der Waals surface area contributed by atoms with E-state index in [9.17, 15) is 0 Å². The monoisotopic (exact) mass is 216 g/mol. The predicted octanol–water partition coefficient (Wildman–Crippen LogP) is 1.40. The van der Waals surface area contributed by atoms with Crippen LogP contribution in [0.2, 0.25) is 0 Å². The SMILES string of the molecule is CN(C)c1cc(CN)nn1-c1ccccc1. The smallest absolute Gasteiger partial charge is 0.132 e. The van der Waals surface area contributed by atoms with Crippen LogP contribution >= 0.6 is 0 Å². The van der Waals surface area contributed by atoms with Gasteiger partial charge in [-0.2, -0.15) is 5.10 Å². The number of aromatic nitrogens is 2. The molecule has 0 unspecified atom stereocenters. The van der Waals surface area contributed by atoms with E-state index >= 15 is 0 Å². The molecule has 16 heavy (non-hydrogen) atoms. The molecular formula is C12H16N4. The van der Waals surface area contributed by atoms with Crippen molar-refractivity contribution in [3.05, 3.63) is 42.1 Å². The Balaban J connectivity index is 2.51. The lowest BCUT2D eigenvalue weighted by atomic mass is 10.3. The lowest BCUT2D eigenvalue weighted by molar-refractivity contribution is 0.820. The van der Waals surface area contributed by atoms with Crippen LogP contribution in [-0.4, -0.2) is 23.9 Å². The highest BCUT2D eigenvalue weighted by atomic mass is 15.4. The van der Waals surface area contributed by atoms with Crippen LogP contribution in [0.5, 0.6) is 0 Å². The third-order valence-corrected chi connectivity index (χ3v) is 2.41. The molecule has 4 heteroatoms. The lowest BCUT2D eigenvalue weighted by Gasteiger charge is -2.14. The summed E-state index contributed by atoms with van der Waals surface area (Å²) in [6, 6.07) is 12.1. The van der Waals surface area contributed by atoms with Gasteiger partial charge in [0.1, 0.15) is 5.82 Å². The number of hydrogen-bond acceptors (Lipinski definition) is 3. The van der Waals surface area contributed by atoms with Crippen LogP contribution in [-0.2, 0) is 6.54 Å². The third-order valence-electron chi connectivity index (χ3n) is 2.41. The summed E-state index contributed by atoms with van der Waals surface area (Å²) in [5.74, 6) is 1.03. The van der Waals surface area contributed by atoms with E-state index in [2.05, 4.69) is 5.10 Å². The van der Waals surface area contributed by atoms with E-state index < -0.39 is 0 Å². The van der Waals surface area contributed by atoms with E-state index in [-0.39, 0.29) is 0 Å². The first kappa shape index (κ1) is 10.7. The van der Waals surface area contributed by atoms with Crippen molar-refractivity contribution in [2.24, 2.45) is 5.73 Å². The zero-order valence-electron chi connectivity index (χ0n) is 9.59. The predicted molar refractivity (Wildman–Crippen MR) is 65.8 cm³/mol.